The second-order valence-electron chi connectivity index (χ2n) is 6.62. The lowest BCUT2D eigenvalue weighted by atomic mass is 10.1. The van der Waals surface area contributed by atoms with E-state index in [9.17, 15) is 14.0 Å². The Morgan fingerprint density at radius 2 is 1.83 bits per heavy atom. The van der Waals surface area contributed by atoms with Crippen LogP contribution in [0.25, 0.3) is 10.8 Å². The minimum absolute atomic E-state index is 0.0509. The van der Waals surface area contributed by atoms with E-state index in [1.165, 1.54) is 23.9 Å². The maximum atomic E-state index is 13.0. The number of aliphatic imine (C=N–C) groups is 1. The van der Waals surface area contributed by atoms with Crippen molar-refractivity contribution in [2.24, 2.45) is 4.99 Å². The van der Waals surface area contributed by atoms with E-state index in [1.54, 1.807) is 12.1 Å². The predicted octanol–water partition coefficient (Wildman–Crippen LogP) is 4.10. The first-order valence-corrected chi connectivity index (χ1v) is 10.0. The van der Waals surface area contributed by atoms with E-state index in [0.29, 0.717) is 11.7 Å². The molecule has 29 heavy (non-hydrogen) atoms. The number of halogens is 1. The van der Waals surface area contributed by atoms with Gasteiger partial charge < -0.3 is 10.6 Å². The summed E-state index contributed by atoms with van der Waals surface area (Å²) >= 11 is 1.24. The van der Waals surface area contributed by atoms with Crippen molar-refractivity contribution in [3.63, 3.8) is 0 Å². The van der Waals surface area contributed by atoms with Gasteiger partial charge in [0, 0.05) is 17.5 Å². The molecule has 1 fully saturated rings. The highest BCUT2D eigenvalue weighted by Crippen LogP contribution is 2.26. The van der Waals surface area contributed by atoms with E-state index < -0.39 is 5.25 Å². The minimum atomic E-state index is -0.531. The Morgan fingerprint density at radius 3 is 2.66 bits per heavy atom. The smallest absolute Gasteiger partial charge is 0.240 e. The highest BCUT2D eigenvalue weighted by molar-refractivity contribution is 8.15. The Labute approximate surface area is 171 Å². The summed E-state index contributed by atoms with van der Waals surface area (Å²) in [6.07, 6.45) is 0.0509. The Balaban J connectivity index is 1.37. The van der Waals surface area contributed by atoms with E-state index in [2.05, 4.69) is 15.6 Å². The van der Waals surface area contributed by atoms with Crippen molar-refractivity contribution in [1.82, 2.24) is 5.32 Å². The summed E-state index contributed by atoms with van der Waals surface area (Å²) in [5.74, 6) is -0.767. The first kappa shape index (κ1) is 19.1. The van der Waals surface area contributed by atoms with Crippen molar-refractivity contribution >= 4 is 45.2 Å². The average molecular weight is 407 g/mol. The number of fused-ring (bicyclic) bond motifs is 1. The highest BCUT2D eigenvalue weighted by atomic mass is 32.2. The lowest BCUT2D eigenvalue weighted by molar-refractivity contribution is -0.122. The maximum Gasteiger partial charge on any atom is 0.240 e. The van der Waals surface area contributed by atoms with Crippen LogP contribution in [-0.2, 0) is 16.1 Å². The lowest BCUT2D eigenvalue weighted by Crippen LogP contribution is -2.28. The molecule has 2 amide bonds. The molecule has 146 valence electrons. The molecule has 3 aromatic carbocycles. The van der Waals surface area contributed by atoms with Crippen molar-refractivity contribution in [3.8, 4) is 0 Å². The third-order valence-electron chi connectivity index (χ3n) is 4.53. The number of anilines is 1. The van der Waals surface area contributed by atoms with Crippen LogP contribution >= 0.6 is 11.8 Å². The zero-order valence-corrected chi connectivity index (χ0v) is 16.2. The fraction of sp³-hybridized carbons (Fsp3) is 0.136. The summed E-state index contributed by atoms with van der Waals surface area (Å²) in [6, 6.07) is 19.5. The van der Waals surface area contributed by atoms with Crippen molar-refractivity contribution in [3.05, 3.63) is 78.1 Å². The van der Waals surface area contributed by atoms with E-state index in [1.807, 2.05) is 42.5 Å². The molecule has 7 heteroatoms. The van der Waals surface area contributed by atoms with Gasteiger partial charge in [0.2, 0.25) is 11.8 Å². The Bertz CT molecular complexity index is 1090. The SMILES string of the molecule is O=C(C[C@@H]1SC(=NCc2ccc(F)cc2)NC1=O)Nc1cccc2ccccc12. The van der Waals surface area contributed by atoms with Crippen molar-refractivity contribution in [1.29, 1.82) is 0 Å². The Kier molecular flexibility index (Phi) is 5.57. The number of nitrogens with one attached hydrogen (secondary N) is 2. The normalized spacial score (nSPS) is 17.5. The fourth-order valence-corrected chi connectivity index (χ4v) is 4.04. The number of carbonyl (C=O) groups is 2. The van der Waals surface area contributed by atoms with E-state index >= 15 is 0 Å². The molecule has 1 atom stereocenters. The molecule has 0 bridgehead atoms. The second-order valence-corrected chi connectivity index (χ2v) is 7.81. The molecule has 5 nitrogen and oxygen atoms in total. The summed E-state index contributed by atoms with van der Waals surface area (Å²) in [7, 11) is 0. The standard InChI is InChI=1S/C22H18FN3O2S/c23-16-10-8-14(9-11-16)13-24-22-26-21(28)19(29-22)12-20(27)25-18-7-3-5-15-4-1-2-6-17(15)18/h1-11,19H,12-13H2,(H,25,27)(H,24,26,28)/t19-/m0/s1. The number of amides is 2. The minimum Gasteiger partial charge on any atom is -0.325 e. The molecule has 0 radical (unpaired) electrons. The zero-order valence-electron chi connectivity index (χ0n) is 15.4. The molecule has 1 aliphatic heterocycles. The number of amidine groups is 1. The molecule has 4 rings (SSSR count). The first-order chi connectivity index (χ1) is 14.1. The largest absolute Gasteiger partial charge is 0.325 e. The second kappa shape index (κ2) is 8.45. The molecule has 0 spiro atoms. The molecule has 0 saturated carbocycles. The van der Waals surface area contributed by atoms with Gasteiger partial charge in [-0.1, -0.05) is 60.3 Å². The lowest BCUT2D eigenvalue weighted by Gasteiger charge is -2.10. The highest BCUT2D eigenvalue weighted by Gasteiger charge is 2.32. The van der Waals surface area contributed by atoms with Crippen LogP contribution in [0.5, 0.6) is 0 Å². The molecule has 2 N–H and O–H groups in total. The molecule has 3 aromatic rings. The number of carbonyl (C=O) groups excluding carboxylic acids is 2. The number of hydrogen-bond donors (Lipinski definition) is 2. The van der Waals surface area contributed by atoms with Crippen LogP contribution in [0.15, 0.2) is 71.7 Å². The number of benzene rings is 3. The van der Waals surface area contributed by atoms with Gasteiger partial charge in [0.05, 0.1) is 6.54 Å². The first-order valence-electron chi connectivity index (χ1n) is 9.12. The van der Waals surface area contributed by atoms with Gasteiger partial charge in [0.25, 0.3) is 0 Å². The third-order valence-corrected chi connectivity index (χ3v) is 5.65. The van der Waals surface area contributed by atoms with Crippen LogP contribution < -0.4 is 10.6 Å². The summed E-state index contributed by atoms with van der Waals surface area (Å²) in [6.45, 7) is 0.331. The van der Waals surface area contributed by atoms with E-state index in [4.69, 9.17) is 0 Å². The van der Waals surface area contributed by atoms with Gasteiger partial charge in [0.1, 0.15) is 11.1 Å². The maximum absolute atomic E-state index is 13.0. The zero-order chi connectivity index (χ0) is 20.2. The molecule has 0 unspecified atom stereocenters. The third kappa shape index (κ3) is 4.63. The number of rotatable bonds is 5. The number of nitrogens with zero attached hydrogens (tertiary/aromatic N) is 1. The number of hydrogen-bond acceptors (Lipinski definition) is 4. The van der Waals surface area contributed by atoms with Gasteiger partial charge in [0.15, 0.2) is 5.17 Å². The van der Waals surface area contributed by atoms with Gasteiger partial charge in [-0.15, -0.1) is 0 Å². The average Bonchev–Trinajstić information content (AvgIpc) is 3.07. The Morgan fingerprint density at radius 1 is 1.07 bits per heavy atom. The molecule has 1 saturated heterocycles. The van der Waals surface area contributed by atoms with Crippen LogP contribution in [0.4, 0.5) is 10.1 Å². The molecule has 1 aliphatic rings. The van der Waals surface area contributed by atoms with Gasteiger partial charge in [-0.05, 0) is 29.1 Å². The van der Waals surface area contributed by atoms with Gasteiger partial charge in [-0.25, -0.2) is 4.39 Å². The predicted molar refractivity (Wildman–Crippen MR) is 114 cm³/mol. The fourth-order valence-electron chi connectivity index (χ4n) is 3.07. The molecular formula is C22H18FN3O2S. The van der Waals surface area contributed by atoms with E-state index in [-0.39, 0.29) is 24.1 Å². The summed E-state index contributed by atoms with van der Waals surface area (Å²) in [5.41, 5.74) is 1.56. The molecular weight excluding hydrogens is 389 g/mol. The van der Waals surface area contributed by atoms with E-state index in [0.717, 1.165) is 22.0 Å². The van der Waals surface area contributed by atoms with Gasteiger partial charge in [-0.2, -0.15) is 0 Å². The van der Waals surface area contributed by atoms with Crippen LogP contribution in [0.2, 0.25) is 0 Å². The number of thioether (sulfide) groups is 1. The van der Waals surface area contributed by atoms with Gasteiger partial charge in [-0.3, -0.25) is 14.6 Å². The summed E-state index contributed by atoms with van der Waals surface area (Å²) < 4.78 is 13.0. The van der Waals surface area contributed by atoms with Crippen LogP contribution in [0.1, 0.15) is 12.0 Å². The van der Waals surface area contributed by atoms with Crippen LogP contribution in [0.3, 0.4) is 0 Å². The Hall–Kier alpha value is -3.19. The van der Waals surface area contributed by atoms with Crippen LogP contribution in [-0.4, -0.2) is 22.2 Å². The van der Waals surface area contributed by atoms with Crippen LogP contribution in [0, 0.1) is 5.82 Å². The quantitative estimate of drug-likeness (QED) is 0.669. The van der Waals surface area contributed by atoms with Gasteiger partial charge >= 0.3 is 0 Å². The van der Waals surface area contributed by atoms with Crippen molar-refractivity contribution < 1.29 is 14.0 Å². The van der Waals surface area contributed by atoms with Crippen molar-refractivity contribution in [2.75, 3.05) is 5.32 Å². The molecule has 0 aliphatic carbocycles. The summed E-state index contributed by atoms with van der Waals surface area (Å²) in [4.78, 5) is 29.0. The molecule has 1 heterocycles. The van der Waals surface area contributed by atoms with Crippen molar-refractivity contribution in [2.45, 2.75) is 18.2 Å². The topological polar surface area (TPSA) is 70.6 Å². The monoisotopic (exact) mass is 407 g/mol. The summed E-state index contributed by atoms with van der Waals surface area (Å²) in [5, 5.41) is 7.54. The molecule has 0 aromatic heterocycles.